The molecular weight excluding hydrogens is 264 g/mol. The van der Waals surface area contributed by atoms with Crippen LogP contribution in [0.15, 0.2) is 12.1 Å². The maximum Gasteiger partial charge on any atom is 0.126 e. The van der Waals surface area contributed by atoms with Crippen molar-refractivity contribution in [2.75, 3.05) is 6.61 Å². The summed E-state index contributed by atoms with van der Waals surface area (Å²) in [5.41, 5.74) is 1.60. The van der Waals surface area contributed by atoms with Crippen LogP contribution in [0.3, 0.4) is 0 Å². The van der Waals surface area contributed by atoms with Crippen LogP contribution in [0.2, 0.25) is 5.02 Å². The minimum Gasteiger partial charge on any atom is -0.493 e. The number of aliphatic hydroxyl groups is 2. The van der Waals surface area contributed by atoms with E-state index in [1.165, 1.54) is 0 Å². The highest BCUT2D eigenvalue weighted by atomic mass is 35.5. The van der Waals surface area contributed by atoms with Crippen molar-refractivity contribution in [3.63, 3.8) is 0 Å². The van der Waals surface area contributed by atoms with Gasteiger partial charge in [0.05, 0.1) is 18.8 Å². The Bertz CT molecular complexity index is 465. The zero-order valence-electron chi connectivity index (χ0n) is 11.6. The van der Waals surface area contributed by atoms with Crippen molar-refractivity contribution in [3.05, 3.63) is 28.3 Å². The molecule has 0 aliphatic carbocycles. The smallest absolute Gasteiger partial charge is 0.126 e. The van der Waals surface area contributed by atoms with E-state index in [1.807, 2.05) is 32.9 Å². The molecule has 3 nitrogen and oxygen atoms in total. The second-order valence-electron chi connectivity index (χ2n) is 6.23. The molecule has 1 aliphatic heterocycles. The normalized spacial score (nSPS) is 17.8. The van der Waals surface area contributed by atoms with Crippen molar-refractivity contribution in [1.82, 2.24) is 0 Å². The molecule has 106 valence electrons. The van der Waals surface area contributed by atoms with Gasteiger partial charge in [0, 0.05) is 17.9 Å². The minimum absolute atomic E-state index is 0.349. The van der Waals surface area contributed by atoms with E-state index in [4.69, 9.17) is 16.3 Å². The van der Waals surface area contributed by atoms with Crippen LogP contribution >= 0.6 is 11.6 Å². The van der Waals surface area contributed by atoms with E-state index in [0.717, 1.165) is 23.3 Å². The van der Waals surface area contributed by atoms with Gasteiger partial charge in [-0.05, 0) is 28.7 Å². The molecule has 1 heterocycles. The summed E-state index contributed by atoms with van der Waals surface area (Å²) in [5.74, 6) is 0.824. The van der Waals surface area contributed by atoms with E-state index in [-0.39, 0.29) is 5.41 Å². The minimum atomic E-state index is -0.827. The largest absolute Gasteiger partial charge is 0.493 e. The predicted molar refractivity (Wildman–Crippen MR) is 75.8 cm³/mol. The Kier molecular flexibility index (Phi) is 4.09. The number of hydrogen-bond donors (Lipinski definition) is 2. The number of aliphatic hydroxyl groups excluding tert-OH is 2. The molecule has 0 spiro atoms. The maximum atomic E-state index is 10.2. The molecule has 0 fully saturated rings. The third kappa shape index (κ3) is 3.22. The molecule has 1 aromatic carbocycles. The van der Waals surface area contributed by atoms with E-state index in [2.05, 4.69) is 0 Å². The summed E-state index contributed by atoms with van der Waals surface area (Å²) in [5, 5.41) is 20.9. The summed E-state index contributed by atoms with van der Waals surface area (Å²) in [6, 6.07) is 3.71. The van der Waals surface area contributed by atoms with Gasteiger partial charge >= 0.3 is 0 Å². The van der Waals surface area contributed by atoms with Gasteiger partial charge in [0.2, 0.25) is 0 Å². The number of ether oxygens (including phenoxy) is 1. The van der Waals surface area contributed by atoms with Crippen LogP contribution in [0.5, 0.6) is 5.75 Å². The van der Waals surface area contributed by atoms with E-state index in [9.17, 15) is 10.2 Å². The monoisotopic (exact) mass is 284 g/mol. The molecule has 19 heavy (non-hydrogen) atoms. The second kappa shape index (κ2) is 5.31. The van der Waals surface area contributed by atoms with Gasteiger partial charge in [-0.3, -0.25) is 0 Å². The third-order valence-electron chi connectivity index (χ3n) is 3.51. The molecular formula is C15H21ClO3. The molecule has 1 aliphatic rings. The topological polar surface area (TPSA) is 49.7 Å². The lowest BCUT2D eigenvalue weighted by Crippen LogP contribution is -2.38. The van der Waals surface area contributed by atoms with Gasteiger partial charge in [0.15, 0.2) is 0 Å². The Morgan fingerprint density at radius 1 is 1.32 bits per heavy atom. The highest BCUT2D eigenvalue weighted by Gasteiger charge is 2.30. The number of benzene rings is 1. The summed E-state index contributed by atoms with van der Waals surface area (Å²) >= 11 is 6.08. The summed E-state index contributed by atoms with van der Waals surface area (Å²) < 4.78 is 5.60. The Morgan fingerprint density at radius 2 is 2.00 bits per heavy atom. The van der Waals surface area contributed by atoms with Crippen LogP contribution in [-0.4, -0.2) is 29.0 Å². The Morgan fingerprint density at radius 3 is 2.63 bits per heavy atom. The molecule has 0 saturated heterocycles. The van der Waals surface area contributed by atoms with Crippen LogP contribution in [0, 0.1) is 5.41 Å². The second-order valence-corrected chi connectivity index (χ2v) is 6.67. The Labute approximate surface area is 119 Å². The van der Waals surface area contributed by atoms with Crippen LogP contribution < -0.4 is 4.74 Å². The third-order valence-corrected chi connectivity index (χ3v) is 3.72. The summed E-state index contributed by atoms with van der Waals surface area (Å²) in [7, 11) is 0. The Balaban J connectivity index is 2.20. The van der Waals surface area contributed by atoms with Gasteiger partial charge in [-0.15, -0.1) is 0 Å². The fourth-order valence-corrected chi connectivity index (χ4v) is 2.68. The summed E-state index contributed by atoms with van der Waals surface area (Å²) in [6.45, 7) is 6.36. The molecule has 0 aromatic heterocycles. The first-order valence-electron chi connectivity index (χ1n) is 6.59. The number of halogens is 1. The molecule has 0 radical (unpaired) electrons. The number of hydrogen-bond acceptors (Lipinski definition) is 3. The standard InChI is InChI=1S/C15H21ClO3/c1-15(2,3)14(18)12(17)8-10-7-11(16)6-9-4-5-19-13(9)10/h6-7,12,14,17-18H,4-5,8H2,1-3H3. The quantitative estimate of drug-likeness (QED) is 0.897. The zero-order chi connectivity index (χ0) is 14.2. The van der Waals surface area contributed by atoms with Crippen LogP contribution in [-0.2, 0) is 12.8 Å². The average molecular weight is 285 g/mol. The fraction of sp³-hybridized carbons (Fsp3) is 0.600. The zero-order valence-corrected chi connectivity index (χ0v) is 12.4. The van der Waals surface area contributed by atoms with Gasteiger partial charge < -0.3 is 14.9 Å². The van der Waals surface area contributed by atoms with Gasteiger partial charge in [-0.25, -0.2) is 0 Å². The predicted octanol–water partition coefficient (Wildman–Crippen LogP) is 2.59. The first kappa shape index (κ1) is 14.6. The van der Waals surface area contributed by atoms with E-state index in [0.29, 0.717) is 18.1 Å². The van der Waals surface area contributed by atoms with E-state index < -0.39 is 12.2 Å². The molecule has 0 amide bonds. The molecule has 2 rings (SSSR count). The van der Waals surface area contributed by atoms with Crippen molar-refractivity contribution in [1.29, 1.82) is 0 Å². The van der Waals surface area contributed by atoms with Gasteiger partial charge in [0.1, 0.15) is 5.75 Å². The summed E-state index contributed by atoms with van der Waals surface area (Å²) in [4.78, 5) is 0. The van der Waals surface area contributed by atoms with Crippen LogP contribution in [0.4, 0.5) is 0 Å². The lowest BCUT2D eigenvalue weighted by atomic mass is 9.84. The van der Waals surface area contributed by atoms with Gasteiger partial charge in [-0.2, -0.15) is 0 Å². The molecule has 2 unspecified atom stereocenters. The van der Waals surface area contributed by atoms with Crippen LogP contribution in [0.25, 0.3) is 0 Å². The molecule has 0 bridgehead atoms. The van der Waals surface area contributed by atoms with Crippen molar-refractivity contribution < 1.29 is 14.9 Å². The van der Waals surface area contributed by atoms with Crippen molar-refractivity contribution >= 4 is 11.6 Å². The fourth-order valence-electron chi connectivity index (χ4n) is 2.41. The highest BCUT2D eigenvalue weighted by molar-refractivity contribution is 6.30. The highest BCUT2D eigenvalue weighted by Crippen LogP contribution is 2.34. The SMILES string of the molecule is CC(C)(C)C(O)C(O)Cc1cc(Cl)cc2c1OCC2. The average Bonchev–Trinajstić information content (AvgIpc) is 2.74. The Hall–Kier alpha value is -0.770. The number of rotatable bonds is 3. The maximum absolute atomic E-state index is 10.2. The summed E-state index contributed by atoms with van der Waals surface area (Å²) in [6.07, 6.45) is -0.419. The first-order chi connectivity index (χ1) is 8.79. The number of fused-ring (bicyclic) bond motifs is 1. The van der Waals surface area contributed by atoms with Crippen molar-refractivity contribution in [3.8, 4) is 5.75 Å². The molecule has 0 saturated carbocycles. The first-order valence-corrected chi connectivity index (χ1v) is 6.97. The van der Waals surface area contributed by atoms with Crippen molar-refractivity contribution in [2.24, 2.45) is 5.41 Å². The van der Waals surface area contributed by atoms with Crippen molar-refractivity contribution in [2.45, 2.75) is 45.8 Å². The van der Waals surface area contributed by atoms with Crippen LogP contribution in [0.1, 0.15) is 31.9 Å². The molecule has 2 atom stereocenters. The molecule has 2 N–H and O–H groups in total. The van der Waals surface area contributed by atoms with Gasteiger partial charge in [0.25, 0.3) is 0 Å². The molecule has 4 heteroatoms. The molecule has 1 aromatic rings. The van der Waals surface area contributed by atoms with E-state index >= 15 is 0 Å². The van der Waals surface area contributed by atoms with Gasteiger partial charge in [-0.1, -0.05) is 32.4 Å². The van der Waals surface area contributed by atoms with E-state index in [1.54, 1.807) is 0 Å². The lowest BCUT2D eigenvalue weighted by Gasteiger charge is -2.30. The lowest BCUT2D eigenvalue weighted by molar-refractivity contribution is -0.0435.